The highest BCUT2D eigenvalue weighted by molar-refractivity contribution is 5.86. The number of rotatable bonds is 9. The highest BCUT2D eigenvalue weighted by Gasteiger charge is 2.30. The third-order valence-electron chi connectivity index (χ3n) is 5.91. The first kappa shape index (κ1) is 23.1. The number of aromatic nitrogens is 1. The second-order valence-electron chi connectivity index (χ2n) is 8.43. The fraction of sp³-hybridized carbons (Fsp3) is 0.269. The van der Waals surface area contributed by atoms with E-state index in [2.05, 4.69) is 27.8 Å². The van der Waals surface area contributed by atoms with Crippen molar-refractivity contribution >= 4 is 18.0 Å². The van der Waals surface area contributed by atoms with Gasteiger partial charge in [0.1, 0.15) is 12.6 Å². The van der Waals surface area contributed by atoms with Crippen molar-refractivity contribution in [3.8, 4) is 11.1 Å². The number of fused-ring (bicyclic) bond motifs is 3. The number of H-pyrrole nitrogens is 1. The number of benzene rings is 2. The molecule has 2 amide bonds. The van der Waals surface area contributed by atoms with Crippen LogP contribution in [-0.4, -0.2) is 46.8 Å². The van der Waals surface area contributed by atoms with Gasteiger partial charge in [-0.15, -0.1) is 0 Å². The third-order valence-corrected chi connectivity index (χ3v) is 5.91. The van der Waals surface area contributed by atoms with Crippen molar-refractivity contribution in [1.82, 2.24) is 15.6 Å². The Hall–Kier alpha value is -4.07. The molecule has 1 aliphatic carbocycles. The summed E-state index contributed by atoms with van der Waals surface area (Å²) in [5, 5.41) is 14.2. The molecule has 1 aromatic heterocycles. The molecule has 0 spiro atoms. The largest absolute Gasteiger partial charge is 0.481 e. The van der Waals surface area contributed by atoms with E-state index in [4.69, 9.17) is 9.84 Å². The number of carbonyl (C=O) groups excluding carboxylic acids is 2. The van der Waals surface area contributed by atoms with E-state index in [1.54, 1.807) is 25.3 Å². The zero-order chi connectivity index (χ0) is 24.1. The number of ether oxygens (including phenoxy) is 1. The number of hydrogen-bond donors (Lipinski definition) is 4. The van der Waals surface area contributed by atoms with Gasteiger partial charge in [-0.1, -0.05) is 48.5 Å². The Kier molecular flexibility index (Phi) is 6.96. The van der Waals surface area contributed by atoms with Gasteiger partial charge >= 0.3 is 12.1 Å². The number of amides is 2. The van der Waals surface area contributed by atoms with E-state index in [-0.39, 0.29) is 25.4 Å². The molecule has 2 unspecified atom stereocenters. The van der Waals surface area contributed by atoms with Gasteiger partial charge < -0.3 is 25.5 Å². The van der Waals surface area contributed by atoms with Crippen molar-refractivity contribution in [3.63, 3.8) is 0 Å². The third kappa shape index (κ3) is 5.28. The molecule has 8 heteroatoms. The Labute approximate surface area is 197 Å². The van der Waals surface area contributed by atoms with Gasteiger partial charge in [0.05, 0.1) is 6.42 Å². The quantitative estimate of drug-likeness (QED) is 0.389. The molecule has 1 heterocycles. The van der Waals surface area contributed by atoms with E-state index < -0.39 is 30.1 Å². The SMILES string of the molecule is CC(CC(=O)O)NC(=O)C(Cc1ccc[nH]1)NC(=O)OCC1c2ccccc2-c2ccccc21. The average Bonchev–Trinajstić information content (AvgIpc) is 3.42. The minimum atomic E-state index is -1.02. The number of nitrogens with one attached hydrogen (secondary N) is 3. The molecule has 0 saturated carbocycles. The van der Waals surface area contributed by atoms with Gasteiger partial charge in [0.2, 0.25) is 5.91 Å². The summed E-state index contributed by atoms with van der Waals surface area (Å²) >= 11 is 0. The fourth-order valence-electron chi connectivity index (χ4n) is 4.36. The lowest BCUT2D eigenvalue weighted by atomic mass is 9.98. The first-order chi connectivity index (χ1) is 16.4. The van der Waals surface area contributed by atoms with Crippen molar-refractivity contribution in [1.29, 1.82) is 0 Å². The van der Waals surface area contributed by atoms with E-state index >= 15 is 0 Å². The normalized spacial score (nSPS) is 13.9. The van der Waals surface area contributed by atoms with Crippen LogP contribution in [0.1, 0.15) is 36.1 Å². The van der Waals surface area contributed by atoms with Crippen molar-refractivity contribution in [3.05, 3.63) is 83.7 Å². The molecule has 2 atom stereocenters. The van der Waals surface area contributed by atoms with Gasteiger partial charge in [-0.3, -0.25) is 9.59 Å². The second-order valence-corrected chi connectivity index (χ2v) is 8.43. The molecule has 0 aliphatic heterocycles. The number of carboxylic acids is 1. The second kappa shape index (κ2) is 10.2. The molecule has 0 fully saturated rings. The Morgan fingerprint density at radius 2 is 1.62 bits per heavy atom. The molecule has 0 radical (unpaired) electrons. The van der Waals surface area contributed by atoms with Gasteiger partial charge in [-0.2, -0.15) is 0 Å². The molecule has 34 heavy (non-hydrogen) atoms. The highest BCUT2D eigenvalue weighted by atomic mass is 16.5. The molecule has 3 aromatic rings. The van der Waals surface area contributed by atoms with E-state index in [1.165, 1.54) is 0 Å². The average molecular weight is 462 g/mol. The first-order valence-electron chi connectivity index (χ1n) is 11.2. The predicted octanol–water partition coefficient (Wildman–Crippen LogP) is 3.44. The minimum absolute atomic E-state index is 0.0931. The van der Waals surface area contributed by atoms with Gasteiger partial charge in [0.15, 0.2) is 0 Å². The Balaban J connectivity index is 1.43. The topological polar surface area (TPSA) is 121 Å². The maximum atomic E-state index is 12.8. The number of alkyl carbamates (subject to hydrolysis) is 1. The zero-order valence-electron chi connectivity index (χ0n) is 18.8. The van der Waals surface area contributed by atoms with Crippen LogP contribution in [0.25, 0.3) is 11.1 Å². The van der Waals surface area contributed by atoms with Crippen molar-refractivity contribution in [2.75, 3.05) is 6.61 Å². The smallest absolute Gasteiger partial charge is 0.407 e. The molecule has 2 aromatic carbocycles. The van der Waals surface area contributed by atoms with Crippen LogP contribution in [0.4, 0.5) is 4.79 Å². The Morgan fingerprint density at radius 3 is 2.21 bits per heavy atom. The van der Waals surface area contributed by atoms with Crippen LogP contribution in [0.15, 0.2) is 66.9 Å². The minimum Gasteiger partial charge on any atom is -0.481 e. The van der Waals surface area contributed by atoms with E-state index in [0.29, 0.717) is 0 Å². The lowest BCUT2D eigenvalue weighted by Crippen LogP contribution is -2.50. The summed E-state index contributed by atoms with van der Waals surface area (Å²) in [7, 11) is 0. The molecule has 8 nitrogen and oxygen atoms in total. The van der Waals surface area contributed by atoms with Crippen LogP contribution in [0.2, 0.25) is 0 Å². The molecule has 0 bridgehead atoms. The van der Waals surface area contributed by atoms with Crippen molar-refractivity contribution < 1.29 is 24.2 Å². The van der Waals surface area contributed by atoms with Gasteiger partial charge in [0, 0.05) is 30.3 Å². The summed E-state index contributed by atoms with van der Waals surface area (Å²) in [6, 6.07) is 18.2. The lowest BCUT2D eigenvalue weighted by Gasteiger charge is -2.21. The van der Waals surface area contributed by atoms with Gasteiger partial charge in [0.25, 0.3) is 0 Å². The van der Waals surface area contributed by atoms with Gasteiger partial charge in [-0.25, -0.2) is 4.79 Å². The number of aliphatic carboxylic acids is 1. The van der Waals surface area contributed by atoms with Crippen molar-refractivity contribution in [2.24, 2.45) is 0 Å². The molecular formula is C26H27N3O5. The monoisotopic (exact) mass is 461 g/mol. The van der Waals surface area contributed by atoms with Crippen LogP contribution in [0, 0.1) is 0 Å². The molecule has 0 saturated heterocycles. The summed E-state index contributed by atoms with van der Waals surface area (Å²) in [5.41, 5.74) is 5.20. The number of carboxylic acid groups (broad SMARTS) is 1. The molecule has 4 N–H and O–H groups in total. The van der Waals surface area contributed by atoms with Gasteiger partial charge in [-0.05, 0) is 41.3 Å². The summed E-state index contributed by atoms with van der Waals surface area (Å²) in [5.74, 6) is -1.58. The molecular weight excluding hydrogens is 434 g/mol. The predicted molar refractivity (Wildman–Crippen MR) is 126 cm³/mol. The summed E-state index contributed by atoms with van der Waals surface area (Å²) < 4.78 is 5.57. The molecule has 176 valence electrons. The molecule has 4 rings (SSSR count). The molecule has 1 aliphatic rings. The summed E-state index contributed by atoms with van der Waals surface area (Å²) in [6.45, 7) is 1.73. The van der Waals surface area contributed by atoms with Crippen molar-refractivity contribution in [2.45, 2.75) is 37.8 Å². The van der Waals surface area contributed by atoms with E-state index in [9.17, 15) is 14.4 Å². The van der Waals surface area contributed by atoms with E-state index in [1.807, 2.05) is 36.4 Å². The highest BCUT2D eigenvalue weighted by Crippen LogP contribution is 2.44. The summed E-state index contributed by atoms with van der Waals surface area (Å²) in [6.07, 6.45) is 1.01. The number of carbonyl (C=O) groups is 3. The standard InChI is InChI=1S/C26H27N3O5/c1-16(13-24(30)31)28-25(32)23(14-17-7-6-12-27-17)29-26(33)34-15-22-20-10-4-2-8-18(20)19-9-3-5-11-21(19)22/h2-12,16,22-23,27H,13-15H2,1H3,(H,28,32)(H,29,33)(H,30,31). The Bertz CT molecular complexity index is 1130. The van der Waals surface area contributed by atoms with Crippen LogP contribution < -0.4 is 10.6 Å². The maximum Gasteiger partial charge on any atom is 0.407 e. The summed E-state index contributed by atoms with van der Waals surface area (Å²) in [4.78, 5) is 39.5. The first-order valence-corrected chi connectivity index (χ1v) is 11.2. The van der Waals surface area contributed by atoms with Crippen LogP contribution in [0.5, 0.6) is 0 Å². The maximum absolute atomic E-state index is 12.8. The van der Waals surface area contributed by atoms with Crippen LogP contribution in [0.3, 0.4) is 0 Å². The lowest BCUT2D eigenvalue weighted by molar-refractivity contribution is -0.137. The zero-order valence-corrected chi connectivity index (χ0v) is 18.8. The van der Waals surface area contributed by atoms with Crippen LogP contribution in [-0.2, 0) is 20.7 Å². The number of aromatic amines is 1. The fourth-order valence-corrected chi connectivity index (χ4v) is 4.36. The number of hydrogen-bond acceptors (Lipinski definition) is 4. The van der Waals surface area contributed by atoms with E-state index in [0.717, 1.165) is 27.9 Å². The van der Waals surface area contributed by atoms with Crippen LogP contribution >= 0.6 is 0 Å². The Morgan fingerprint density at radius 1 is 0.971 bits per heavy atom.